The van der Waals surface area contributed by atoms with Gasteiger partial charge in [-0.05, 0) is 0 Å². The first-order valence-corrected chi connectivity index (χ1v) is 17.6. The van der Waals surface area contributed by atoms with Crippen molar-refractivity contribution < 1.29 is 28.9 Å². The van der Waals surface area contributed by atoms with Gasteiger partial charge in [0.2, 0.25) is 0 Å². The van der Waals surface area contributed by atoms with Crippen molar-refractivity contribution in [3.8, 4) is 10.0 Å². The van der Waals surface area contributed by atoms with Crippen molar-refractivity contribution in [2.24, 2.45) is 0 Å². The van der Waals surface area contributed by atoms with Crippen molar-refractivity contribution in [1.29, 1.82) is 0 Å². The van der Waals surface area contributed by atoms with E-state index in [0.29, 0.717) is 29.5 Å². The summed E-state index contributed by atoms with van der Waals surface area (Å²) in [6.45, 7) is 0. The van der Waals surface area contributed by atoms with Gasteiger partial charge in [-0.2, -0.15) is 0 Å². The molecule has 0 bridgehead atoms. The van der Waals surface area contributed by atoms with Gasteiger partial charge in [0.05, 0.1) is 0 Å². The van der Waals surface area contributed by atoms with Crippen LogP contribution in [-0.2, 0) is 0 Å². The second-order valence-electron chi connectivity index (χ2n) is 9.15. The van der Waals surface area contributed by atoms with Gasteiger partial charge in [-0.15, -0.1) is 10.2 Å². The molecule has 7 heteroatoms. The maximum absolute atomic E-state index is 8.49. The van der Waals surface area contributed by atoms with Gasteiger partial charge in [0.15, 0.2) is 0 Å². The van der Waals surface area contributed by atoms with Crippen LogP contribution < -0.4 is 23.1 Å². The molecule has 0 fully saturated rings. The Labute approximate surface area is 259 Å². The molecule has 1 aromatic heterocycles. The fraction of sp³-hybridized carbons (Fsp3) is 0. The maximum Gasteiger partial charge on any atom is -0.112 e. The monoisotopic (exact) mass is 704 g/mol. The Morgan fingerprint density at radius 3 is 2.00 bits per heavy atom. The minimum Gasteiger partial charge on any atom is -0.222 e. The van der Waals surface area contributed by atoms with Crippen LogP contribution in [0.15, 0.2) is 146 Å². The van der Waals surface area contributed by atoms with E-state index in [2.05, 4.69) is 152 Å². The minimum atomic E-state index is -4.94. The molecule has 4 nitrogen and oxygen atoms in total. The summed E-state index contributed by atoms with van der Waals surface area (Å²) in [4.78, 5) is 0. The minimum absolute atomic E-state index is 0.314. The number of fused-ring (bicyclic) bond motifs is 2. The Kier molecular flexibility index (Phi) is 10.2. The molecule has 0 atom stereocenters. The fourth-order valence-corrected chi connectivity index (χ4v) is 9.17. The molecular formula is C35H25ClO4Se2. The Morgan fingerprint density at radius 1 is 0.643 bits per heavy atom. The molecule has 5 aromatic rings. The summed E-state index contributed by atoms with van der Waals surface area (Å²) in [6, 6.07) is 41.6. The average Bonchev–Trinajstić information content (AvgIpc) is 3.00. The third-order valence-electron chi connectivity index (χ3n) is 6.30. The van der Waals surface area contributed by atoms with E-state index in [4.69, 9.17) is 18.6 Å². The summed E-state index contributed by atoms with van der Waals surface area (Å²) < 4.78 is 39.7. The predicted molar refractivity (Wildman–Crippen MR) is 163 cm³/mol. The van der Waals surface area contributed by atoms with Crippen molar-refractivity contribution in [3.63, 3.8) is 0 Å². The molecule has 0 spiro atoms. The van der Waals surface area contributed by atoms with Gasteiger partial charge in [0, 0.05) is 0 Å². The van der Waals surface area contributed by atoms with Crippen LogP contribution in [-0.4, -0.2) is 29.5 Å². The molecule has 1 aliphatic heterocycles. The van der Waals surface area contributed by atoms with Crippen LogP contribution in [0, 0.1) is 10.2 Å². The molecule has 6 rings (SSSR count). The van der Waals surface area contributed by atoms with Gasteiger partial charge in [-0.3, -0.25) is 0 Å². The van der Waals surface area contributed by atoms with Gasteiger partial charge < -0.3 is 0 Å². The number of allylic oxidation sites excluding steroid dienone is 6. The van der Waals surface area contributed by atoms with Crippen LogP contribution >= 0.6 is 0 Å². The molecule has 0 N–H and O–H groups in total. The topological polar surface area (TPSA) is 92.2 Å². The Hall–Kier alpha value is -3.38. The molecule has 4 aromatic carbocycles. The largest absolute Gasteiger partial charge is 0.222 e. The van der Waals surface area contributed by atoms with E-state index in [9.17, 15) is 0 Å². The van der Waals surface area contributed by atoms with E-state index in [0.717, 1.165) is 0 Å². The van der Waals surface area contributed by atoms with E-state index in [1.807, 2.05) is 0 Å². The molecule has 0 saturated heterocycles. The summed E-state index contributed by atoms with van der Waals surface area (Å²) in [5.74, 6) is 0. The summed E-state index contributed by atoms with van der Waals surface area (Å²) >= 11 is 0.627. The maximum atomic E-state index is 8.49. The number of hydrogen-bond donors (Lipinski definition) is 0. The molecule has 0 amide bonds. The van der Waals surface area contributed by atoms with Crippen LogP contribution in [0.4, 0.5) is 0 Å². The normalized spacial score (nSPS) is 14.1. The summed E-state index contributed by atoms with van der Waals surface area (Å²) in [6.07, 6.45) is 13.3. The van der Waals surface area contributed by atoms with Crippen molar-refractivity contribution in [3.05, 3.63) is 162 Å². The number of hydrogen-bond acceptors (Lipinski definition) is 4. The molecule has 208 valence electrons. The van der Waals surface area contributed by atoms with Crippen LogP contribution in [0.1, 0.15) is 16.7 Å². The first kappa shape index (κ1) is 30.1. The third kappa shape index (κ3) is 8.34. The van der Waals surface area contributed by atoms with Gasteiger partial charge in [-0.1, -0.05) is 0 Å². The number of halogens is 1. The molecule has 0 unspecified atom stereocenters. The molecule has 0 radical (unpaired) electrons. The van der Waals surface area contributed by atoms with E-state index in [-0.39, 0.29) is 0 Å². The van der Waals surface area contributed by atoms with E-state index >= 15 is 0 Å². The average molecular weight is 703 g/mol. The smallest absolute Gasteiger partial charge is 0.112 e. The zero-order chi connectivity index (χ0) is 29.4. The predicted octanol–water partition coefficient (Wildman–Crippen LogP) is 3.13. The van der Waals surface area contributed by atoms with Gasteiger partial charge in [-0.25, -0.2) is 18.6 Å². The SMILES string of the molecule is C1=C(c2ccccc2)[Se]c2ccccc2/C1=C/C=C/C=C/c1cc(-c2ccccc2)[se+]c2ccccc12.[O-][Cl+3]([O-])([O-])[O-]. The Bertz CT molecular complexity index is 1790. The summed E-state index contributed by atoms with van der Waals surface area (Å²) in [7, 11) is -4.94. The Balaban J connectivity index is 0.000000652. The zero-order valence-corrected chi connectivity index (χ0v) is 26.4. The van der Waals surface area contributed by atoms with E-state index in [1.54, 1.807) is 0 Å². The van der Waals surface area contributed by atoms with Crippen molar-refractivity contribution in [2.75, 3.05) is 0 Å². The van der Waals surface area contributed by atoms with Crippen molar-refractivity contribution >= 4 is 59.7 Å². The van der Waals surface area contributed by atoms with E-state index in [1.165, 1.54) is 50.8 Å². The van der Waals surface area contributed by atoms with Crippen molar-refractivity contribution in [2.45, 2.75) is 0 Å². The number of rotatable bonds is 5. The van der Waals surface area contributed by atoms with Crippen LogP contribution in [0.3, 0.4) is 0 Å². The first-order valence-electron chi connectivity index (χ1n) is 13.0. The van der Waals surface area contributed by atoms with Gasteiger partial charge in [0.25, 0.3) is 0 Å². The van der Waals surface area contributed by atoms with Crippen LogP contribution in [0.2, 0.25) is 0 Å². The van der Waals surface area contributed by atoms with Gasteiger partial charge in [0.1, 0.15) is 0 Å². The summed E-state index contributed by atoms with van der Waals surface area (Å²) in [5.41, 5.74) is 6.54. The second kappa shape index (κ2) is 14.2. The van der Waals surface area contributed by atoms with E-state index < -0.39 is 10.2 Å². The second-order valence-corrected chi connectivity index (χ2v) is 14.4. The molecule has 1 aliphatic rings. The molecular weight excluding hydrogens is 678 g/mol. The fourth-order valence-electron chi connectivity index (χ4n) is 4.47. The summed E-state index contributed by atoms with van der Waals surface area (Å²) in [5, 5.41) is 1.35. The van der Waals surface area contributed by atoms with Crippen LogP contribution in [0.5, 0.6) is 0 Å². The van der Waals surface area contributed by atoms with Crippen molar-refractivity contribution in [1.82, 2.24) is 0 Å². The third-order valence-corrected chi connectivity index (χ3v) is 11.1. The molecule has 2 heterocycles. The Morgan fingerprint density at radius 2 is 1.26 bits per heavy atom. The molecule has 42 heavy (non-hydrogen) atoms. The zero-order valence-electron chi connectivity index (χ0n) is 22.3. The number of benzene rings is 4. The van der Waals surface area contributed by atoms with Crippen LogP contribution in [0.25, 0.3) is 35.8 Å². The van der Waals surface area contributed by atoms with Gasteiger partial charge >= 0.3 is 232 Å². The molecule has 0 saturated carbocycles. The quantitative estimate of drug-likeness (QED) is 0.208. The first-order chi connectivity index (χ1) is 20.3. The standard InChI is InChI=1S/C35H25Se2.ClHO4/c1-4-14-26(15-5-1)34-24-28(30-20-10-12-22-32(30)36-34)18-8-3-9-19-29-25-35(27-16-6-2-7-17-27)37-33-23-13-11-21-31(29)33;2-1(3,4)5/h1-25H;(H,2,3,4,5)/q+1;/p-1. The molecule has 0 aliphatic carbocycles.